The smallest absolute Gasteiger partial charge is 0.333 e. The lowest BCUT2D eigenvalue weighted by Gasteiger charge is -2.14. The van der Waals surface area contributed by atoms with Gasteiger partial charge < -0.3 is 10.4 Å². The van der Waals surface area contributed by atoms with Crippen LogP contribution in [0.3, 0.4) is 0 Å². The van der Waals surface area contributed by atoms with Crippen molar-refractivity contribution in [3.63, 3.8) is 0 Å². The first-order valence-electron chi connectivity index (χ1n) is 6.46. The molecule has 0 aromatic heterocycles. The second-order valence-electron chi connectivity index (χ2n) is 4.21. The Morgan fingerprint density at radius 1 is 1.22 bits per heavy atom. The number of allylic oxidation sites excluding steroid dienone is 1. The molecule has 2 N–H and O–H groups in total. The lowest BCUT2D eigenvalue weighted by molar-refractivity contribution is -0.132. The summed E-state index contributed by atoms with van der Waals surface area (Å²) in [5.41, 5.74) is 2.25. The van der Waals surface area contributed by atoms with Gasteiger partial charge in [0.2, 0.25) is 0 Å². The molecule has 0 radical (unpaired) electrons. The molecule has 0 amide bonds. The minimum Gasteiger partial charge on any atom is -0.478 e. The van der Waals surface area contributed by atoms with Gasteiger partial charge in [0.05, 0.1) is 5.57 Å². The van der Waals surface area contributed by atoms with Crippen molar-refractivity contribution in [3.8, 4) is 0 Å². The third-order valence-electron chi connectivity index (χ3n) is 2.83. The maximum atomic E-state index is 11.2. The lowest BCUT2D eigenvalue weighted by atomic mass is 10.1. The van der Waals surface area contributed by atoms with Gasteiger partial charge in [0.25, 0.3) is 0 Å². The number of carboxylic acids is 1. The summed E-state index contributed by atoms with van der Waals surface area (Å²) in [5.74, 6) is -0.827. The first-order chi connectivity index (χ1) is 8.69. The van der Waals surface area contributed by atoms with E-state index < -0.39 is 5.97 Å². The topological polar surface area (TPSA) is 49.3 Å². The van der Waals surface area contributed by atoms with Crippen molar-refractivity contribution in [1.82, 2.24) is 0 Å². The van der Waals surface area contributed by atoms with E-state index in [1.165, 1.54) is 0 Å². The van der Waals surface area contributed by atoms with Crippen molar-refractivity contribution in [1.29, 1.82) is 0 Å². The highest BCUT2D eigenvalue weighted by Crippen LogP contribution is 2.19. The molecule has 1 rings (SSSR count). The van der Waals surface area contributed by atoms with Crippen LogP contribution in [0.1, 0.15) is 39.5 Å². The van der Waals surface area contributed by atoms with Gasteiger partial charge in [0, 0.05) is 11.4 Å². The van der Waals surface area contributed by atoms with Crippen molar-refractivity contribution in [3.05, 3.63) is 41.6 Å². The zero-order valence-electron chi connectivity index (χ0n) is 11.1. The van der Waals surface area contributed by atoms with Crippen molar-refractivity contribution < 1.29 is 9.90 Å². The molecule has 0 spiro atoms. The van der Waals surface area contributed by atoms with Crippen LogP contribution in [0.2, 0.25) is 0 Å². The fraction of sp³-hybridized carbons (Fsp3) is 0.400. The van der Waals surface area contributed by atoms with E-state index in [-0.39, 0.29) is 0 Å². The number of hydrogen-bond donors (Lipinski definition) is 2. The largest absolute Gasteiger partial charge is 0.478 e. The molecule has 0 bridgehead atoms. The third-order valence-corrected chi connectivity index (χ3v) is 2.83. The Bertz CT molecular complexity index is 410. The van der Waals surface area contributed by atoms with E-state index in [0.717, 1.165) is 30.6 Å². The van der Waals surface area contributed by atoms with E-state index in [4.69, 9.17) is 0 Å². The summed E-state index contributed by atoms with van der Waals surface area (Å²) >= 11 is 0. The Kier molecular flexibility index (Phi) is 5.98. The first kappa shape index (κ1) is 14.3. The predicted molar refractivity (Wildman–Crippen MR) is 74.5 cm³/mol. The molecule has 0 atom stereocenters. The minimum atomic E-state index is -0.827. The number of anilines is 1. The van der Waals surface area contributed by atoms with Crippen molar-refractivity contribution >= 4 is 11.7 Å². The standard InChI is InChI=1S/C15H21NO2/c1-3-5-11-14(13(4-2)15(17)18)16-12-9-7-6-8-10-12/h6-10,16H,3-5,11H2,1-2H3,(H,17,18). The molecular formula is C15H21NO2. The van der Waals surface area contributed by atoms with Gasteiger partial charge in [0.15, 0.2) is 0 Å². The van der Waals surface area contributed by atoms with Crippen LogP contribution in [0, 0.1) is 0 Å². The van der Waals surface area contributed by atoms with Gasteiger partial charge in [0.1, 0.15) is 0 Å². The molecule has 1 aromatic rings. The Balaban J connectivity index is 2.94. The Hall–Kier alpha value is -1.77. The van der Waals surface area contributed by atoms with Crippen LogP contribution in [-0.2, 0) is 4.79 Å². The summed E-state index contributed by atoms with van der Waals surface area (Å²) < 4.78 is 0. The molecule has 3 heteroatoms. The van der Waals surface area contributed by atoms with Crippen LogP contribution in [0.25, 0.3) is 0 Å². The normalized spacial score (nSPS) is 11.9. The lowest BCUT2D eigenvalue weighted by Crippen LogP contribution is -2.10. The van der Waals surface area contributed by atoms with Gasteiger partial charge in [-0.05, 0) is 31.4 Å². The second kappa shape index (κ2) is 7.54. The summed E-state index contributed by atoms with van der Waals surface area (Å²) in [6, 6.07) is 9.71. The number of hydrogen-bond acceptors (Lipinski definition) is 2. The Morgan fingerprint density at radius 2 is 1.89 bits per heavy atom. The molecular weight excluding hydrogens is 226 g/mol. The summed E-state index contributed by atoms with van der Waals surface area (Å²) in [6.45, 7) is 3.98. The van der Waals surface area contributed by atoms with Crippen LogP contribution in [0.5, 0.6) is 0 Å². The number of benzene rings is 1. The molecule has 0 aliphatic heterocycles. The summed E-state index contributed by atoms with van der Waals surface area (Å²) in [4.78, 5) is 11.2. The molecule has 3 nitrogen and oxygen atoms in total. The van der Waals surface area contributed by atoms with Crippen LogP contribution in [-0.4, -0.2) is 11.1 Å². The van der Waals surface area contributed by atoms with Gasteiger partial charge in [-0.1, -0.05) is 38.5 Å². The monoisotopic (exact) mass is 247 g/mol. The van der Waals surface area contributed by atoms with Gasteiger partial charge in [-0.3, -0.25) is 0 Å². The van der Waals surface area contributed by atoms with E-state index in [0.29, 0.717) is 12.0 Å². The highest BCUT2D eigenvalue weighted by molar-refractivity contribution is 5.88. The van der Waals surface area contributed by atoms with Gasteiger partial charge in [-0.25, -0.2) is 4.79 Å². The summed E-state index contributed by atoms with van der Waals surface area (Å²) in [5, 5.41) is 12.5. The molecule has 0 aliphatic carbocycles. The highest BCUT2D eigenvalue weighted by atomic mass is 16.4. The summed E-state index contributed by atoms with van der Waals surface area (Å²) in [7, 11) is 0. The maximum Gasteiger partial charge on any atom is 0.333 e. The maximum absolute atomic E-state index is 11.2. The molecule has 0 saturated carbocycles. The number of unbranched alkanes of at least 4 members (excludes halogenated alkanes) is 1. The average molecular weight is 247 g/mol. The zero-order chi connectivity index (χ0) is 13.4. The highest BCUT2D eigenvalue weighted by Gasteiger charge is 2.12. The Labute approximate surface area is 109 Å². The van der Waals surface area contributed by atoms with Crippen LogP contribution >= 0.6 is 0 Å². The van der Waals surface area contributed by atoms with Crippen LogP contribution in [0.4, 0.5) is 5.69 Å². The van der Waals surface area contributed by atoms with E-state index in [1.54, 1.807) is 0 Å². The van der Waals surface area contributed by atoms with Crippen LogP contribution < -0.4 is 5.32 Å². The number of carbonyl (C=O) groups is 1. The zero-order valence-corrected chi connectivity index (χ0v) is 11.1. The number of nitrogens with one attached hydrogen (secondary N) is 1. The Morgan fingerprint density at radius 3 is 2.39 bits per heavy atom. The fourth-order valence-electron chi connectivity index (χ4n) is 1.83. The molecule has 18 heavy (non-hydrogen) atoms. The average Bonchev–Trinajstić information content (AvgIpc) is 2.37. The number of para-hydroxylation sites is 1. The molecule has 98 valence electrons. The number of aliphatic carboxylic acids is 1. The van der Waals surface area contributed by atoms with Gasteiger partial charge in [-0.2, -0.15) is 0 Å². The van der Waals surface area contributed by atoms with Gasteiger partial charge in [-0.15, -0.1) is 0 Å². The second-order valence-corrected chi connectivity index (χ2v) is 4.21. The van der Waals surface area contributed by atoms with E-state index >= 15 is 0 Å². The van der Waals surface area contributed by atoms with E-state index in [9.17, 15) is 9.90 Å². The number of rotatable bonds is 7. The molecule has 0 fully saturated rings. The van der Waals surface area contributed by atoms with Crippen molar-refractivity contribution in [2.45, 2.75) is 39.5 Å². The first-order valence-corrected chi connectivity index (χ1v) is 6.46. The van der Waals surface area contributed by atoms with Gasteiger partial charge >= 0.3 is 5.97 Å². The minimum absolute atomic E-state index is 0.479. The van der Waals surface area contributed by atoms with Crippen LogP contribution in [0.15, 0.2) is 41.6 Å². The molecule has 0 unspecified atom stereocenters. The summed E-state index contributed by atoms with van der Waals surface area (Å²) in [6.07, 6.45) is 3.36. The fourth-order valence-corrected chi connectivity index (χ4v) is 1.83. The van der Waals surface area contributed by atoms with Crippen molar-refractivity contribution in [2.24, 2.45) is 0 Å². The SMILES string of the molecule is CCCCC(Nc1ccccc1)=C(CC)C(=O)O. The third kappa shape index (κ3) is 4.24. The molecule has 0 aliphatic rings. The molecule has 0 saturated heterocycles. The number of carboxylic acid groups (broad SMARTS) is 1. The van der Waals surface area contributed by atoms with E-state index in [2.05, 4.69) is 12.2 Å². The van der Waals surface area contributed by atoms with Crippen molar-refractivity contribution in [2.75, 3.05) is 5.32 Å². The quantitative estimate of drug-likeness (QED) is 0.715. The predicted octanol–water partition coefficient (Wildman–Crippen LogP) is 4.04. The molecule has 0 heterocycles. The molecule has 1 aromatic carbocycles. The van der Waals surface area contributed by atoms with E-state index in [1.807, 2.05) is 37.3 Å².